The molecule has 1 amide bonds. The predicted octanol–water partition coefficient (Wildman–Crippen LogP) is 4.62. The summed E-state index contributed by atoms with van der Waals surface area (Å²) in [5, 5.41) is 4.04. The average Bonchev–Trinajstić information content (AvgIpc) is 3.16. The fourth-order valence-electron chi connectivity index (χ4n) is 3.93. The number of benzene rings is 1. The van der Waals surface area contributed by atoms with Crippen LogP contribution in [0.15, 0.2) is 57.5 Å². The van der Waals surface area contributed by atoms with Crippen molar-refractivity contribution in [2.24, 2.45) is 4.99 Å². The van der Waals surface area contributed by atoms with Crippen molar-refractivity contribution in [3.05, 3.63) is 48.2 Å². The molecule has 1 fully saturated rings. The number of hydrogen-bond donors (Lipinski definition) is 2. The van der Waals surface area contributed by atoms with Crippen LogP contribution in [0.4, 0.5) is 5.69 Å². The Hall–Kier alpha value is -2.39. The first kappa shape index (κ1) is 22.8. The summed E-state index contributed by atoms with van der Waals surface area (Å²) >= 11 is 1.65. The normalized spacial score (nSPS) is 17.4. The van der Waals surface area contributed by atoms with E-state index >= 15 is 0 Å². The van der Waals surface area contributed by atoms with Crippen LogP contribution in [0.1, 0.15) is 61.7 Å². The van der Waals surface area contributed by atoms with Crippen molar-refractivity contribution in [2.45, 2.75) is 66.5 Å². The van der Waals surface area contributed by atoms with E-state index in [1.807, 2.05) is 0 Å². The number of nitrogens with one attached hydrogen (secondary N) is 2. The zero-order valence-electron chi connectivity index (χ0n) is 17.9. The number of carbonyl (C=O) groups is 1. The Bertz CT molecular complexity index is 1100. The summed E-state index contributed by atoms with van der Waals surface area (Å²) < 4.78 is 28.3. The van der Waals surface area contributed by atoms with Gasteiger partial charge in [0.05, 0.1) is 10.5 Å². The van der Waals surface area contributed by atoms with E-state index in [1.54, 1.807) is 42.2 Å². The zero-order valence-corrected chi connectivity index (χ0v) is 19.6. The molecule has 9 heteroatoms. The molecule has 0 radical (unpaired) electrons. The fourth-order valence-corrected chi connectivity index (χ4v) is 6.36. The number of nitrogens with zero attached hydrogens (tertiary/aromatic N) is 2. The highest BCUT2D eigenvalue weighted by molar-refractivity contribution is 8.00. The summed E-state index contributed by atoms with van der Waals surface area (Å²) in [4.78, 5) is 21.8. The van der Waals surface area contributed by atoms with Crippen LogP contribution in [0, 0.1) is 0 Å². The Morgan fingerprint density at radius 1 is 1.03 bits per heavy atom. The topological polar surface area (TPSA) is 101 Å². The molecule has 1 aromatic carbocycles. The van der Waals surface area contributed by atoms with Crippen molar-refractivity contribution < 1.29 is 13.2 Å². The molecule has 1 aromatic heterocycles. The minimum atomic E-state index is -3.77. The maximum Gasteiger partial charge on any atom is 0.262 e. The summed E-state index contributed by atoms with van der Waals surface area (Å²) in [6.07, 6.45) is 9.97. The molecule has 0 unspecified atom stereocenters. The number of pyridine rings is 1. The second-order valence-corrected chi connectivity index (χ2v) is 11.1. The number of thioether (sulfide) groups is 1. The molecule has 4 rings (SSSR count). The second-order valence-electron chi connectivity index (χ2n) is 8.11. The van der Waals surface area contributed by atoms with Crippen LogP contribution in [0.2, 0.25) is 0 Å². The molecule has 0 saturated heterocycles. The third kappa shape index (κ3) is 5.89. The maximum atomic E-state index is 13.0. The van der Waals surface area contributed by atoms with Crippen LogP contribution in [0.3, 0.4) is 0 Å². The van der Waals surface area contributed by atoms with E-state index in [1.165, 1.54) is 25.0 Å². The number of anilines is 1. The lowest BCUT2D eigenvalue weighted by atomic mass is 10.2. The van der Waals surface area contributed by atoms with Crippen molar-refractivity contribution in [3.8, 4) is 0 Å². The third-order valence-electron chi connectivity index (χ3n) is 5.63. The molecular weight excluding hydrogens is 444 g/mol. The van der Waals surface area contributed by atoms with Crippen molar-refractivity contribution >= 4 is 39.2 Å². The van der Waals surface area contributed by atoms with Gasteiger partial charge in [0, 0.05) is 30.1 Å². The summed E-state index contributed by atoms with van der Waals surface area (Å²) in [6.45, 7) is 0.639. The molecule has 2 aromatic rings. The minimum absolute atomic E-state index is 0.0917. The van der Waals surface area contributed by atoms with Gasteiger partial charge in [-0.25, -0.2) is 13.4 Å². The van der Waals surface area contributed by atoms with E-state index in [2.05, 4.69) is 20.0 Å². The lowest BCUT2D eigenvalue weighted by molar-refractivity contribution is 0.102. The summed E-state index contributed by atoms with van der Waals surface area (Å²) in [7, 11) is -3.77. The number of aromatic nitrogens is 1. The molecule has 2 N–H and O–H groups in total. The van der Waals surface area contributed by atoms with Crippen LogP contribution < -0.4 is 10.0 Å². The molecule has 1 aliphatic heterocycles. The zero-order chi connectivity index (χ0) is 22.4. The van der Waals surface area contributed by atoms with Crippen LogP contribution in [-0.4, -0.2) is 36.9 Å². The molecule has 0 atom stereocenters. The van der Waals surface area contributed by atoms with E-state index in [0.717, 1.165) is 32.1 Å². The van der Waals surface area contributed by atoms with Gasteiger partial charge in [-0.2, -0.15) is 0 Å². The number of amidine groups is 1. The largest absolute Gasteiger partial charge is 0.322 e. The number of carbonyl (C=O) groups excluding carboxylic acids is 1. The Labute approximate surface area is 193 Å². The summed E-state index contributed by atoms with van der Waals surface area (Å²) in [5.41, 5.74) is 0.921. The van der Waals surface area contributed by atoms with Crippen LogP contribution in [-0.2, 0) is 10.0 Å². The van der Waals surface area contributed by atoms with Gasteiger partial charge < -0.3 is 5.32 Å². The molecule has 2 heterocycles. The number of hydrogen-bond acceptors (Lipinski definition) is 6. The van der Waals surface area contributed by atoms with Gasteiger partial charge in [-0.15, -0.1) is 11.8 Å². The third-order valence-corrected chi connectivity index (χ3v) is 8.36. The quantitative estimate of drug-likeness (QED) is 0.639. The molecule has 2 aliphatic rings. The first-order chi connectivity index (χ1) is 15.5. The molecule has 1 saturated carbocycles. The molecule has 7 nitrogen and oxygen atoms in total. The lowest BCUT2D eigenvalue weighted by Crippen LogP contribution is -2.30. The first-order valence-corrected chi connectivity index (χ1v) is 13.5. The minimum Gasteiger partial charge on any atom is -0.322 e. The van der Waals surface area contributed by atoms with Gasteiger partial charge in [0.25, 0.3) is 15.9 Å². The van der Waals surface area contributed by atoms with E-state index < -0.39 is 10.0 Å². The number of amides is 1. The van der Waals surface area contributed by atoms with Crippen molar-refractivity contribution in [1.82, 2.24) is 9.71 Å². The maximum absolute atomic E-state index is 13.0. The van der Waals surface area contributed by atoms with Crippen molar-refractivity contribution in [3.63, 3.8) is 0 Å². The standard InChI is InChI=1S/C23H28N4O3S2/c28-22(20-12-7-15-25-23(20)31-18-9-3-4-10-18)26-17-8-6-11-19(16-17)32(29,30)27-21-13-2-1-5-14-24-21/h6-8,11-12,15-16,18H,1-5,9-10,13-14H2,(H,24,27)(H,26,28). The van der Waals surface area contributed by atoms with Gasteiger partial charge in [0.1, 0.15) is 10.9 Å². The lowest BCUT2D eigenvalue weighted by Gasteiger charge is -2.13. The Kier molecular flexibility index (Phi) is 7.47. The van der Waals surface area contributed by atoms with Gasteiger partial charge >= 0.3 is 0 Å². The molecule has 1 aliphatic carbocycles. The second kappa shape index (κ2) is 10.5. The first-order valence-electron chi connectivity index (χ1n) is 11.1. The average molecular weight is 473 g/mol. The molecular formula is C23H28N4O3S2. The number of sulfonamides is 1. The molecule has 0 bridgehead atoms. The number of rotatable bonds is 6. The van der Waals surface area contributed by atoms with Crippen LogP contribution in [0.5, 0.6) is 0 Å². The van der Waals surface area contributed by atoms with Crippen molar-refractivity contribution in [1.29, 1.82) is 0 Å². The fraction of sp³-hybridized carbons (Fsp3) is 0.435. The number of aliphatic imine (C=N–C) groups is 1. The SMILES string of the molecule is O=C(Nc1cccc(S(=O)(=O)NC2=NCCCCC2)c1)c1cccnc1SC1CCCC1. The van der Waals surface area contributed by atoms with Gasteiger partial charge in [0.2, 0.25) is 0 Å². The van der Waals surface area contributed by atoms with Gasteiger partial charge in [-0.05, 0) is 56.0 Å². The highest BCUT2D eigenvalue weighted by atomic mass is 32.2. The van der Waals surface area contributed by atoms with Crippen LogP contribution in [0.25, 0.3) is 0 Å². The summed E-state index contributed by atoms with van der Waals surface area (Å²) in [5.74, 6) is 0.204. The van der Waals surface area contributed by atoms with E-state index in [4.69, 9.17) is 0 Å². The molecule has 32 heavy (non-hydrogen) atoms. The molecule has 0 spiro atoms. The van der Waals surface area contributed by atoms with E-state index in [9.17, 15) is 13.2 Å². The van der Waals surface area contributed by atoms with Crippen molar-refractivity contribution in [2.75, 3.05) is 11.9 Å². The predicted molar refractivity (Wildman–Crippen MR) is 128 cm³/mol. The monoisotopic (exact) mass is 472 g/mol. The Morgan fingerprint density at radius 3 is 2.72 bits per heavy atom. The van der Waals surface area contributed by atoms with Crippen LogP contribution >= 0.6 is 11.8 Å². The van der Waals surface area contributed by atoms with E-state index in [-0.39, 0.29) is 10.8 Å². The van der Waals surface area contributed by atoms with Gasteiger partial charge in [0.15, 0.2) is 0 Å². The molecule has 170 valence electrons. The van der Waals surface area contributed by atoms with E-state index in [0.29, 0.717) is 40.3 Å². The smallest absolute Gasteiger partial charge is 0.262 e. The Balaban J connectivity index is 1.48. The Morgan fingerprint density at radius 2 is 1.88 bits per heavy atom. The highest BCUT2D eigenvalue weighted by Gasteiger charge is 2.22. The summed E-state index contributed by atoms with van der Waals surface area (Å²) in [6, 6.07) is 9.78. The van der Waals surface area contributed by atoms with Gasteiger partial charge in [-0.1, -0.05) is 25.3 Å². The van der Waals surface area contributed by atoms with Gasteiger partial charge in [-0.3, -0.25) is 14.5 Å². The highest BCUT2D eigenvalue weighted by Crippen LogP contribution is 2.35.